The summed E-state index contributed by atoms with van der Waals surface area (Å²) >= 11 is 0. The minimum absolute atomic E-state index is 0.0684. The van der Waals surface area contributed by atoms with E-state index in [2.05, 4.69) is 0 Å². The van der Waals surface area contributed by atoms with Crippen LogP contribution in [0.1, 0.15) is 45.5 Å². The predicted molar refractivity (Wildman–Crippen MR) is 145 cm³/mol. The van der Waals surface area contributed by atoms with Gasteiger partial charge in [0.05, 0.1) is 35.7 Å². The molecule has 0 bridgehead atoms. The highest BCUT2D eigenvalue weighted by Gasteiger charge is 2.45. The van der Waals surface area contributed by atoms with Gasteiger partial charge < -0.3 is 24.1 Å². The Morgan fingerprint density at radius 2 is 1.88 bits per heavy atom. The summed E-state index contributed by atoms with van der Waals surface area (Å²) in [5.74, 6) is 1.10. The molecule has 3 aromatic carbocycles. The molecule has 0 radical (unpaired) electrons. The van der Waals surface area contributed by atoms with E-state index < -0.39 is 27.7 Å². The van der Waals surface area contributed by atoms with Gasteiger partial charge in [-0.3, -0.25) is 8.98 Å². The van der Waals surface area contributed by atoms with Crippen molar-refractivity contribution in [1.82, 2.24) is 0 Å². The van der Waals surface area contributed by atoms with Crippen LogP contribution in [0, 0.1) is 6.92 Å². The third-order valence-electron chi connectivity index (χ3n) is 7.42. The zero-order chi connectivity index (χ0) is 28.2. The topological polar surface area (TPSA) is 118 Å². The number of methoxy groups -OCH3 is 1. The molecule has 6 rings (SSSR count). The SMILES string of the molecule is COc1cc2c(cc1CO)OC[C@H]1Oc3c(ccc4c3C=CC(C)(COS(=O)(=O)c3ccc(C)cc3)O4)C(=O)[C@@H]21. The Labute approximate surface area is 232 Å². The summed E-state index contributed by atoms with van der Waals surface area (Å²) in [6.07, 6.45) is 2.89. The number of Topliss-reactive ketones (excluding diaryl/α,β-unsaturated/α-hetero) is 1. The fraction of sp³-hybridized carbons (Fsp3) is 0.300. The molecule has 0 aliphatic carbocycles. The molecular formula is C30H28O9S. The molecule has 3 atom stereocenters. The number of aliphatic hydroxyl groups excluding tert-OH is 1. The summed E-state index contributed by atoms with van der Waals surface area (Å²) in [5, 5.41) is 9.67. The van der Waals surface area contributed by atoms with Crippen molar-refractivity contribution in [3.8, 4) is 23.0 Å². The van der Waals surface area contributed by atoms with E-state index in [1.165, 1.54) is 19.2 Å². The van der Waals surface area contributed by atoms with Crippen molar-refractivity contribution in [3.63, 3.8) is 0 Å². The molecule has 0 saturated carbocycles. The highest BCUT2D eigenvalue weighted by molar-refractivity contribution is 7.86. The van der Waals surface area contributed by atoms with Crippen LogP contribution in [0.15, 0.2) is 59.5 Å². The maximum absolute atomic E-state index is 13.8. The molecule has 3 heterocycles. The molecule has 0 spiro atoms. The van der Waals surface area contributed by atoms with Gasteiger partial charge in [-0.05, 0) is 62.4 Å². The van der Waals surface area contributed by atoms with Crippen molar-refractivity contribution < 1.29 is 41.4 Å². The van der Waals surface area contributed by atoms with Gasteiger partial charge >= 0.3 is 0 Å². The number of benzene rings is 3. The lowest BCUT2D eigenvalue weighted by atomic mass is 9.80. The summed E-state index contributed by atoms with van der Waals surface area (Å²) in [7, 11) is -2.47. The van der Waals surface area contributed by atoms with Gasteiger partial charge in [-0.2, -0.15) is 8.42 Å². The molecule has 0 saturated heterocycles. The maximum Gasteiger partial charge on any atom is 0.297 e. The molecule has 9 nitrogen and oxygen atoms in total. The quantitative estimate of drug-likeness (QED) is 0.440. The molecule has 208 valence electrons. The van der Waals surface area contributed by atoms with E-state index in [0.717, 1.165) is 5.56 Å². The number of aryl methyl sites for hydroxylation is 1. The van der Waals surface area contributed by atoms with Crippen LogP contribution < -0.4 is 18.9 Å². The Balaban J connectivity index is 1.26. The minimum Gasteiger partial charge on any atom is -0.496 e. The molecule has 1 N–H and O–H groups in total. The summed E-state index contributed by atoms with van der Waals surface area (Å²) < 4.78 is 54.6. The van der Waals surface area contributed by atoms with Crippen LogP contribution in [0.25, 0.3) is 6.08 Å². The van der Waals surface area contributed by atoms with Gasteiger partial charge in [0.2, 0.25) is 0 Å². The van der Waals surface area contributed by atoms with Crippen LogP contribution >= 0.6 is 0 Å². The monoisotopic (exact) mass is 564 g/mol. The van der Waals surface area contributed by atoms with Gasteiger partial charge in [0, 0.05) is 11.1 Å². The molecular weight excluding hydrogens is 536 g/mol. The first kappa shape index (κ1) is 26.4. The van der Waals surface area contributed by atoms with Gasteiger partial charge in [0.25, 0.3) is 10.1 Å². The Morgan fingerprint density at radius 1 is 1.10 bits per heavy atom. The molecule has 1 unspecified atom stereocenters. The standard InChI is InChI=1S/C30H28O9S/c1-17-4-6-19(7-5-17)40(33,34)37-16-30(2)11-10-20-23(39-30)9-8-21-28(32)27-22-13-24(35-3)18(14-31)12-25(22)36-15-26(27)38-29(20)21/h4-13,26-27,31H,14-16H2,1-3H3/t26-,27+,30?/m1/s1. The second kappa shape index (κ2) is 9.65. The average Bonchev–Trinajstić information content (AvgIpc) is 2.95. The lowest BCUT2D eigenvalue weighted by Gasteiger charge is -2.39. The van der Waals surface area contributed by atoms with Gasteiger partial charge in [0.1, 0.15) is 47.9 Å². The van der Waals surface area contributed by atoms with E-state index in [9.17, 15) is 18.3 Å². The molecule has 0 fully saturated rings. The molecule has 0 aromatic heterocycles. The third-order valence-corrected chi connectivity index (χ3v) is 8.70. The number of rotatable bonds is 6. The Kier molecular flexibility index (Phi) is 6.36. The van der Waals surface area contributed by atoms with Crippen LogP contribution in [-0.4, -0.2) is 51.3 Å². The first-order valence-electron chi connectivity index (χ1n) is 12.8. The Bertz CT molecular complexity index is 1640. The second-order valence-corrected chi connectivity index (χ2v) is 11.9. The number of carbonyl (C=O) groups excluding carboxylic acids is 1. The fourth-order valence-electron chi connectivity index (χ4n) is 5.24. The molecule has 10 heteroatoms. The van der Waals surface area contributed by atoms with Crippen LogP contribution in [0.3, 0.4) is 0 Å². The number of ether oxygens (including phenoxy) is 4. The summed E-state index contributed by atoms with van der Waals surface area (Å²) in [4.78, 5) is 13.8. The number of ketones is 1. The molecule has 40 heavy (non-hydrogen) atoms. The number of aliphatic hydroxyl groups is 1. The maximum atomic E-state index is 13.8. The number of carbonyl (C=O) groups is 1. The molecule has 3 aliphatic heterocycles. The second-order valence-electron chi connectivity index (χ2n) is 10.3. The smallest absolute Gasteiger partial charge is 0.297 e. The lowest BCUT2D eigenvalue weighted by molar-refractivity contribution is 0.0541. The normalized spacial score (nSPS) is 22.6. The first-order valence-corrected chi connectivity index (χ1v) is 14.2. The molecule has 0 amide bonds. The van der Waals surface area contributed by atoms with Crippen molar-refractivity contribution in [1.29, 1.82) is 0 Å². The van der Waals surface area contributed by atoms with Gasteiger partial charge in [0.15, 0.2) is 5.78 Å². The van der Waals surface area contributed by atoms with E-state index in [1.807, 2.05) is 6.92 Å². The zero-order valence-electron chi connectivity index (χ0n) is 22.2. The highest BCUT2D eigenvalue weighted by atomic mass is 32.2. The van der Waals surface area contributed by atoms with Crippen LogP contribution in [-0.2, 0) is 20.9 Å². The largest absolute Gasteiger partial charge is 0.496 e. The van der Waals surface area contributed by atoms with Crippen LogP contribution in [0.4, 0.5) is 0 Å². The van der Waals surface area contributed by atoms with E-state index in [4.69, 9.17) is 23.1 Å². The van der Waals surface area contributed by atoms with Crippen molar-refractivity contribution in [3.05, 3.63) is 82.4 Å². The molecule has 3 aromatic rings. The lowest BCUT2D eigenvalue weighted by Crippen LogP contribution is -2.43. The highest BCUT2D eigenvalue weighted by Crippen LogP contribution is 2.48. The Morgan fingerprint density at radius 3 is 2.60 bits per heavy atom. The zero-order valence-corrected chi connectivity index (χ0v) is 23.0. The summed E-state index contributed by atoms with van der Waals surface area (Å²) in [5.41, 5.74) is 2.07. The van der Waals surface area contributed by atoms with E-state index in [1.54, 1.807) is 55.5 Å². The fourth-order valence-corrected chi connectivity index (χ4v) is 6.23. The Hall–Kier alpha value is -3.86. The summed E-state index contributed by atoms with van der Waals surface area (Å²) in [6.45, 7) is 3.28. The van der Waals surface area contributed by atoms with Gasteiger partial charge in [-0.1, -0.05) is 17.7 Å². The molecule has 3 aliphatic rings. The van der Waals surface area contributed by atoms with Crippen LogP contribution in [0.2, 0.25) is 0 Å². The average molecular weight is 565 g/mol. The van der Waals surface area contributed by atoms with Gasteiger partial charge in [-0.25, -0.2) is 0 Å². The number of hydrogen-bond donors (Lipinski definition) is 1. The van der Waals surface area contributed by atoms with Crippen LogP contribution in [0.5, 0.6) is 23.0 Å². The van der Waals surface area contributed by atoms with Crippen molar-refractivity contribution >= 4 is 22.0 Å². The first-order chi connectivity index (χ1) is 19.1. The van der Waals surface area contributed by atoms with Crippen molar-refractivity contribution in [2.45, 2.75) is 43.0 Å². The van der Waals surface area contributed by atoms with E-state index in [-0.39, 0.29) is 30.5 Å². The number of hydrogen-bond acceptors (Lipinski definition) is 9. The number of fused-ring (bicyclic) bond motifs is 6. The van der Waals surface area contributed by atoms with Crippen molar-refractivity contribution in [2.24, 2.45) is 0 Å². The van der Waals surface area contributed by atoms with Crippen molar-refractivity contribution in [2.75, 3.05) is 20.3 Å². The van der Waals surface area contributed by atoms with Gasteiger partial charge in [-0.15, -0.1) is 0 Å². The van der Waals surface area contributed by atoms with E-state index in [0.29, 0.717) is 45.3 Å². The summed E-state index contributed by atoms with van der Waals surface area (Å²) in [6, 6.07) is 13.2. The van der Waals surface area contributed by atoms with E-state index >= 15 is 0 Å². The predicted octanol–water partition coefficient (Wildman–Crippen LogP) is 4.19. The minimum atomic E-state index is -3.98. The third kappa shape index (κ3) is 4.42.